The van der Waals surface area contributed by atoms with Crippen molar-refractivity contribution in [3.63, 3.8) is 0 Å². The van der Waals surface area contributed by atoms with Gasteiger partial charge in [0.1, 0.15) is 12.1 Å². The van der Waals surface area contributed by atoms with Crippen molar-refractivity contribution in [3.8, 4) is 0 Å². The van der Waals surface area contributed by atoms with Crippen molar-refractivity contribution >= 4 is 41.3 Å². The number of carbonyl (C=O) groups excluding carboxylic acids is 5. The molecule has 0 bridgehead atoms. The van der Waals surface area contributed by atoms with Crippen LogP contribution in [0.3, 0.4) is 0 Å². The first-order chi connectivity index (χ1) is 20.5. The number of rotatable bonds is 8. The van der Waals surface area contributed by atoms with Crippen molar-refractivity contribution in [2.45, 2.75) is 50.2 Å². The molecule has 0 aliphatic carbocycles. The van der Waals surface area contributed by atoms with Crippen LogP contribution < -0.4 is 43.0 Å². The van der Waals surface area contributed by atoms with Gasteiger partial charge in [-0.1, -0.05) is 30.3 Å². The third-order valence-corrected chi connectivity index (χ3v) is 6.38. The maximum Gasteiger partial charge on any atom is 0.305 e. The Kier molecular flexibility index (Phi) is 15.1. The first-order valence-corrected chi connectivity index (χ1v) is 14.0. The quantitative estimate of drug-likeness (QED) is 0.0799. The van der Waals surface area contributed by atoms with E-state index in [-0.39, 0.29) is 38.3 Å². The molecule has 0 unspecified atom stereocenters. The number of carboxylic acid groups (broad SMARTS) is 1. The molecule has 1 fully saturated rings. The largest absolute Gasteiger partial charge is 0.481 e. The highest BCUT2D eigenvalue weighted by atomic mass is 16.4. The molecular weight excluding hydrogens is 562 g/mol. The van der Waals surface area contributed by atoms with E-state index in [1.165, 1.54) is 0 Å². The molecule has 1 aromatic rings. The average Bonchev–Trinajstić information content (AvgIpc) is 2.96. The fraction of sp³-hybridized carbons (Fsp3) is 0.519. The van der Waals surface area contributed by atoms with E-state index in [4.69, 9.17) is 11.1 Å². The minimum atomic E-state index is -1.34. The monoisotopic (exact) mass is 603 g/mol. The lowest BCUT2D eigenvalue weighted by atomic mass is 10.0. The molecule has 3 atom stereocenters. The van der Waals surface area contributed by atoms with Crippen molar-refractivity contribution in [2.75, 3.05) is 39.3 Å². The van der Waals surface area contributed by atoms with Gasteiger partial charge in [-0.05, 0) is 18.4 Å². The number of carboxylic acids is 1. The molecule has 1 saturated heterocycles. The number of nitrogens with one attached hydrogen (secondary N) is 8. The minimum absolute atomic E-state index is 0.0456. The maximum atomic E-state index is 13.1. The average molecular weight is 604 g/mol. The molecule has 0 saturated carbocycles. The fourth-order valence-electron chi connectivity index (χ4n) is 4.16. The summed E-state index contributed by atoms with van der Waals surface area (Å²) < 4.78 is 0. The van der Waals surface area contributed by atoms with Crippen LogP contribution >= 0.6 is 0 Å². The van der Waals surface area contributed by atoms with E-state index in [0.29, 0.717) is 19.5 Å². The smallest absolute Gasteiger partial charge is 0.305 e. The third-order valence-electron chi connectivity index (χ3n) is 6.38. The topological polar surface area (TPSA) is 257 Å². The van der Waals surface area contributed by atoms with Crippen molar-refractivity contribution in [2.24, 2.45) is 5.73 Å². The number of ketones is 1. The SMILES string of the molecule is N=C(N)NCCC[C@@H]1NC(=O)CCNCCNC(=O)[C@@H](Cc2ccccc2)NC(=O)[C@H](CC(=O)O)NCC(=O)CNC1=O. The van der Waals surface area contributed by atoms with E-state index < -0.39 is 73.0 Å². The number of Topliss-reactive ketones (excluding diaryl/α,β-unsaturated/α-hetero) is 1. The van der Waals surface area contributed by atoms with Crippen LogP contribution in [-0.4, -0.2) is 104 Å². The van der Waals surface area contributed by atoms with Crippen molar-refractivity contribution in [1.29, 1.82) is 5.41 Å². The molecule has 16 nitrogen and oxygen atoms in total. The molecule has 0 aromatic heterocycles. The predicted octanol–water partition coefficient (Wildman–Crippen LogP) is -3.31. The summed E-state index contributed by atoms with van der Waals surface area (Å²) in [6, 6.07) is 5.63. The van der Waals surface area contributed by atoms with Crippen molar-refractivity contribution in [1.82, 2.24) is 37.2 Å². The van der Waals surface area contributed by atoms with Crippen LogP contribution in [0.25, 0.3) is 0 Å². The molecule has 11 N–H and O–H groups in total. The van der Waals surface area contributed by atoms with E-state index in [0.717, 1.165) is 5.56 Å². The molecule has 0 spiro atoms. The number of hydrogen-bond acceptors (Lipinski definition) is 9. The summed E-state index contributed by atoms with van der Waals surface area (Å²) in [5, 5.41) is 35.3. The van der Waals surface area contributed by atoms with Gasteiger partial charge in [-0.3, -0.25) is 39.5 Å². The fourth-order valence-corrected chi connectivity index (χ4v) is 4.16. The Morgan fingerprint density at radius 1 is 0.907 bits per heavy atom. The summed E-state index contributed by atoms with van der Waals surface area (Å²) >= 11 is 0. The van der Waals surface area contributed by atoms with Gasteiger partial charge in [0.25, 0.3) is 0 Å². The zero-order chi connectivity index (χ0) is 31.6. The van der Waals surface area contributed by atoms with E-state index in [1.54, 1.807) is 24.3 Å². The summed E-state index contributed by atoms with van der Waals surface area (Å²) in [6.45, 7) is 0.174. The summed E-state index contributed by atoms with van der Waals surface area (Å²) in [4.78, 5) is 75.4. The highest BCUT2D eigenvalue weighted by Crippen LogP contribution is 2.05. The van der Waals surface area contributed by atoms with E-state index in [9.17, 15) is 33.9 Å². The van der Waals surface area contributed by atoms with Crippen LogP contribution in [0.2, 0.25) is 0 Å². The molecule has 43 heavy (non-hydrogen) atoms. The molecule has 1 aliphatic heterocycles. The molecular formula is C27H41N9O7. The zero-order valence-electron chi connectivity index (χ0n) is 23.9. The number of aliphatic carboxylic acids is 1. The van der Waals surface area contributed by atoms with Crippen LogP contribution in [0, 0.1) is 5.41 Å². The van der Waals surface area contributed by atoms with Gasteiger partial charge in [-0.25, -0.2) is 0 Å². The Labute approximate surface area is 249 Å². The Morgan fingerprint density at radius 3 is 2.33 bits per heavy atom. The van der Waals surface area contributed by atoms with Gasteiger partial charge in [0.2, 0.25) is 23.6 Å². The second kappa shape index (κ2) is 18.8. The van der Waals surface area contributed by atoms with Crippen molar-refractivity contribution in [3.05, 3.63) is 35.9 Å². The molecule has 1 heterocycles. The number of hydrogen-bond donors (Lipinski definition) is 10. The molecule has 236 valence electrons. The standard InChI is InChI=1S/C27H41N9O7/c28-27(29)32-9-4-7-19-24(41)34-16-18(37)15-33-20(14-23(39)40)26(43)36-21(13-17-5-2-1-3-6-17)25(42)31-12-11-30-10-8-22(38)35-19/h1-3,5-6,19-21,30,33H,4,7-16H2,(H,31,42)(H,34,41)(H,35,38)(H,36,43)(H,39,40)(H4,28,29,32)/t19-,20-,21+/m0/s1. The van der Waals surface area contributed by atoms with E-state index in [2.05, 4.69) is 37.2 Å². The molecule has 2 rings (SSSR count). The summed E-state index contributed by atoms with van der Waals surface area (Å²) in [7, 11) is 0. The van der Waals surface area contributed by atoms with Crippen LogP contribution in [0.1, 0.15) is 31.2 Å². The molecule has 16 heteroatoms. The molecule has 4 amide bonds. The van der Waals surface area contributed by atoms with Gasteiger partial charge in [-0.15, -0.1) is 0 Å². The highest BCUT2D eigenvalue weighted by molar-refractivity contribution is 5.93. The number of guanidine groups is 1. The zero-order valence-corrected chi connectivity index (χ0v) is 23.9. The van der Waals surface area contributed by atoms with Gasteiger partial charge in [0, 0.05) is 39.0 Å². The first kappa shape index (κ1) is 34.6. The number of amides is 4. The van der Waals surface area contributed by atoms with Crippen LogP contribution in [0.15, 0.2) is 30.3 Å². The lowest BCUT2D eigenvalue weighted by molar-refractivity contribution is -0.140. The van der Waals surface area contributed by atoms with E-state index in [1.807, 2.05) is 6.07 Å². The Hall–Kier alpha value is -4.57. The number of benzene rings is 1. The maximum absolute atomic E-state index is 13.1. The Balaban J connectivity index is 2.15. The van der Waals surface area contributed by atoms with Gasteiger partial charge >= 0.3 is 5.97 Å². The first-order valence-electron chi connectivity index (χ1n) is 14.0. The number of nitrogens with two attached hydrogens (primary N) is 1. The molecule has 1 aliphatic rings. The Morgan fingerprint density at radius 2 is 1.63 bits per heavy atom. The molecule has 0 radical (unpaired) electrons. The summed E-state index contributed by atoms with van der Waals surface area (Å²) in [6.07, 6.45) is 0.127. The van der Waals surface area contributed by atoms with Gasteiger partial charge in [0.15, 0.2) is 11.7 Å². The predicted molar refractivity (Wildman–Crippen MR) is 156 cm³/mol. The van der Waals surface area contributed by atoms with Gasteiger partial charge in [0.05, 0.1) is 25.6 Å². The van der Waals surface area contributed by atoms with Gasteiger partial charge in [-0.2, -0.15) is 0 Å². The van der Waals surface area contributed by atoms with Crippen molar-refractivity contribution < 1.29 is 33.9 Å². The van der Waals surface area contributed by atoms with Crippen LogP contribution in [0.5, 0.6) is 0 Å². The molecule has 1 aromatic carbocycles. The minimum Gasteiger partial charge on any atom is -0.481 e. The Bertz CT molecular complexity index is 1130. The summed E-state index contributed by atoms with van der Waals surface area (Å²) in [5.41, 5.74) is 6.03. The number of carbonyl (C=O) groups is 6. The van der Waals surface area contributed by atoms with Crippen LogP contribution in [0.4, 0.5) is 0 Å². The lowest BCUT2D eigenvalue weighted by Crippen LogP contribution is -2.55. The normalized spacial score (nSPS) is 21.9. The lowest BCUT2D eigenvalue weighted by Gasteiger charge is -2.23. The highest BCUT2D eigenvalue weighted by Gasteiger charge is 2.28. The summed E-state index contributed by atoms with van der Waals surface area (Å²) in [5.74, 6) is -4.33. The second-order valence-corrected chi connectivity index (χ2v) is 9.93. The van der Waals surface area contributed by atoms with Gasteiger partial charge < -0.3 is 42.7 Å². The van der Waals surface area contributed by atoms with E-state index >= 15 is 0 Å². The second-order valence-electron chi connectivity index (χ2n) is 9.93. The van der Waals surface area contributed by atoms with Crippen LogP contribution in [-0.2, 0) is 35.2 Å². The third kappa shape index (κ3) is 14.2.